The number of alkyl halides is 3. The summed E-state index contributed by atoms with van der Waals surface area (Å²) in [5, 5.41) is 2.43. The number of urea groups is 1. The Hall–Kier alpha value is -2.79. The number of nitrogens with one attached hydrogen (secondary N) is 1. The van der Waals surface area contributed by atoms with Gasteiger partial charge in [-0.25, -0.2) is 19.2 Å². The Balaban J connectivity index is 1.85. The van der Waals surface area contributed by atoms with Crippen LogP contribution in [0.1, 0.15) is 29.5 Å². The van der Waals surface area contributed by atoms with E-state index < -0.39 is 29.9 Å². The number of hydrogen-bond acceptors (Lipinski definition) is 5. The second-order valence-corrected chi connectivity index (χ2v) is 6.26. The average molecular weight is 414 g/mol. The van der Waals surface area contributed by atoms with Gasteiger partial charge in [-0.05, 0) is 36.6 Å². The number of rotatable bonds is 4. The standard InChI is InChI=1S/C18H18F4N4O3/c1-28-16(29-2)14-12(19)8-10-4-3-7-26(15(10)25-14)17(27)24-13-6-5-11(9-23-13)18(20,21)22/h5-6,8-9,16H,3-4,7H2,1-2H3,(H,23,24,27). The van der Waals surface area contributed by atoms with Gasteiger partial charge in [-0.15, -0.1) is 0 Å². The van der Waals surface area contributed by atoms with Crippen molar-refractivity contribution in [2.75, 3.05) is 31.0 Å². The predicted octanol–water partition coefficient (Wildman–Crippen LogP) is 3.91. The molecule has 1 N–H and O–H groups in total. The van der Waals surface area contributed by atoms with Crippen LogP contribution in [0, 0.1) is 5.82 Å². The number of ether oxygens (including phenoxy) is 2. The molecule has 0 radical (unpaired) electrons. The fraction of sp³-hybridized carbons (Fsp3) is 0.389. The molecule has 1 aliphatic heterocycles. The van der Waals surface area contributed by atoms with E-state index in [-0.39, 0.29) is 17.3 Å². The van der Waals surface area contributed by atoms with E-state index in [1.165, 1.54) is 25.2 Å². The molecule has 7 nitrogen and oxygen atoms in total. The summed E-state index contributed by atoms with van der Waals surface area (Å²) in [4.78, 5) is 21.8. The lowest BCUT2D eigenvalue weighted by Gasteiger charge is -2.29. The fourth-order valence-corrected chi connectivity index (χ4v) is 2.98. The van der Waals surface area contributed by atoms with Gasteiger partial charge in [0.25, 0.3) is 0 Å². The quantitative estimate of drug-likeness (QED) is 0.607. The van der Waals surface area contributed by atoms with Gasteiger partial charge >= 0.3 is 12.2 Å². The van der Waals surface area contributed by atoms with Crippen LogP contribution < -0.4 is 10.2 Å². The number of pyridine rings is 2. The fourth-order valence-electron chi connectivity index (χ4n) is 2.98. The van der Waals surface area contributed by atoms with Crippen LogP contribution in [0.3, 0.4) is 0 Å². The number of anilines is 2. The summed E-state index contributed by atoms with van der Waals surface area (Å²) in [7, 11) is 2.66. The third kappa shape index (κ3) is 4.46. The van der Waals surface area contributed by atoms with Gasteiger partial charge < -0.3 is 9.47 Å². The molecular formula is C18H18F4N4O3. The number of hydrogen-bond donors (Lipinski definition) is 1. The normalized spacial score (nSPS) is 14.1. The summed E-state index contributed by atoms with van der Waals surface area (Å²) < 4.78 is 62.4. The van der Waals surface area contributed by atoms with Gasteiger partial charge in [0.05, 0.1) is 5.56 Å². The third-order valence-electron chi connectivity index (χ3n) is 4.37. The van der Waals surface area contributed by atoms with E-state index in [1.54, 1.807) is 0 Å². The van der Waals surface area contributed by atoms with Gasteiger partial charge in [-0.2, -0.15) is 13.2 Å². The van der Waals surface area contributed by atoms with Crippen molar-refractivity contribution in [2.45, 2.75) is 25.3 Å². The number of amides is 2. The maximum atomic E-state index is 14.4. The highest BCUT2D eigenvalue weighted by molar-refractivity contribution is 6.01. The Bertz CT molecular complexity index is 886. The second kappa shape index (κ2) is 8.29. The molecule has 11 heteroatoms. The van der Waals surface area contributed by atoms with Crippen LogP contribution in [0.2, 0.25) is 0 Å². The highest BCUT2D eigenvalue weighted by Gasteiger charge is 2.31. The number of carbonyl (C=O) groups is 1. The van der Waals surface area contributed by atoms with Gasteiger partial charge in [0.1, 0.15) is 23.1 Å². The first-order valence-electron chi connectivity index (χ1n) is 8.61. The van der Waals surface area contributed by atoms with Gasteiger partial charge in [0.15, 0.2) is 0 Å². The lowest BCUT2D eigenvalue weighted by Crippen LogP contribution is -2.40. The zero-order valence-electron chi connectivity index (χ0n) is 15.6. The molecule has 0 aromatic carbocycles. The van der Waals surface area contributed by atoms with Crippen LogP contribution in [0.25, 0.3) is 0 Å². The summed E-state index contributed by atoms with van der Waals surface area (Å²) in [6.07, 6.45) is -3.85. The lowest BCUT2D eigenvalue weighted by molar-refractivity contribution is -0.137. The molecule has 2 aromatic rings. The first-order valence-corrected chi connectivity index (χ1v) is 8.61. The summed E-state index contributed by atoms with van der Waals surface area (Å²) in [5.41, 5.74) is -0.508. The summed E-state index contributed by atoms with van der Waals surface area (Å²) in [5.74, 6) is -0.440. The number of aromatic nitrogens is 2. The largest absolute Gasteiger partial charge is 0.417 e. The van der Waals surface area contributed by atoms with Gasteiger partial charge in [-0.3, -0.25) is 10.2 Å². The van der Waals surface area contributed by atoms with Crippen LogP contribution in [0.4, 0.5) is 34.0 Å². The molecule has 0 bridgehead atoms. The molecule has 2 aromatic heterocycles. The molecule has 0 unspecified atom stereocenters. The molecule has 3 rings (SSSR count). The first kappa shape index (κ1) is 20.9. The van der Waals surface area contributed by atoms with Crippen molar-refractivity contribution in [3.63, 3.8) is 0 Å². The molecule has 1 aliphatic rings. The van der Waals surface area contributed by atoms with Crippen molar-refractivity contribution in [1.29, 1.82) is 0 Å². The van der Waals surface area contributed by atoms with Crippen molar-refractivity contribution in [3.05, 3.63) is 47.0 Å². The minimum absolute atomic E-state index is 0.0517. The minimum atomic E-state index is -4.52. The maximum Gasteiger partial charge on any atom is 0.417 e. The van der Waals surface area contributed by atoms with E-state index >= 15 is 0 Å². The highest BCUT2D eigenvalue weighted by atomic mass is 19.4. The van der Waals surface area contributed by atoms with Crippen molar-refractivity contribution < 1.29 is 31.8 Å². The van der Waals surface area contributed by atoms with E-state index in [9.17, 15) is 22.4 Å². The molecule has 0 saturated carbocycles. The Morgan fingerprint density at radius 2 is 2.00 bits per heavy atom. The summed E-state index contributed by atoms with van der Waals surface area (Å²) in [6, 6.07) is 2.51. The van der Waals surface area contributed by atoms with Gasteiger partial charge in [-0.1, -0.05) is 0 Å². The SMILES string of the molecule is COC(OC)c1nc2c(cc1F)CCCN2C(=O)Nc1ccc(C(F)(F)F)cn1. The first-order chi connectivity index (χ1) is 13.7. The molecule has 0 aliphatic carbocycles. The second-order valence-electron chi connectivity index (χ2n) is 6.26. The third-order valence-corrected chi connectivity index (χ3v) is 4.37. The maximum absolute atomic E-state index is 14.4. The van der Waals surface area contributed by atoms with Crippen molar-refractivity contribution in [1.82, 2.24) is 9.97 Å². The molecule has 3 heterocycles. The van der Waals surface area contributed by atoms with Crippen molar-refractivity contribution in [2.24, 2.45) is 0 Å². The number of halogens is 4. The zero-order valence-corrected chi connectivity index (χ0v) is 15.6. The smallest absolute Gasteiger partial charge is 0.350 e. The van der Waals surface area contributed by atoms with Crippen molar-refractivity contribution in [3.8, 4) is 0 Å². The van der Waals surface area contributed by atoms with E-state index in [4.69, 9.17) is 9.47 Å². The number of aryl methyl sites for hydroxylation is 1. The summed E-state index contributed by atoms with van der Waals surface area (Å²) >= 11 is 0. The monoisotopic (exact) mass is 414 g/mol. The van der Waals surface area contributed by atoms with E-state index in [1.807, 2.05) is 0 Å². The van der Waals surface area contributed by atoms with Gasteiger partial charge in [0, 0.05) is 27.0 Å². The molecule has 156 valence electrons. The zero-order chi connectivity index (χ0) is 21.2. The van der Waals surface area contributed by atoms with Crippen LogP contribution in [0.5, 0.6) is 0 Å². The Kier molecular flexibility index (Phi) is 5.99. The lowest BCUT2D eigenvalue weighted by atomic mass is 10.0. The molecular weight excluding hydrogens is 396 g/mol. The Morgan fingerprint density at radius 3 is 2.59 bits per heavy atom. The average Bonchev–Trinajstić information content (AvgIpc) is 2.68. The Labute approximate surface area is 163 Å². The van der Waals surface area contributed by atoms with E-state index in [0.717, 1.165) is 12.1 Å². The molecule has 0 saturated heterocycles. The van der Waals surface area contributed by atoms with E-state index in [0.29, 0.717) is 31.1 Å². The highest BCUT2D eigenvalue weighted by Crippen LogP contribution is 2.31. The molecule has 2 amide bonds. The molecule has 0 fully saturated rings. The Morgan fingerprint density at radius 1 is 1.28 bits per heavy atom. The molecule has 0 spiro atoms. The van der Waals surface area contributed by atoms with Crippen LogP contribution in [0.15, 0.2) is 24.4 Å². The number of fused-ring (bicyclic) bond motifs is 1. The van der Waals surface area contributed by atoms with Crippen LogP contribution in [-0.2, 0) is 22.1 Å². The molecule has 29 heavy (non-hydrogen) atoms. The van der Waals surface area contributed by atoms with Crippen molar-refractivity contribution >= 4 is 17.7 Å². The van der Waals surface area contributed by atoms with Gasteiger partial charge in [0.2, 0.25) is 6.29 Å². The number of nitrogens with zero attached hydrogens (tertiary/aromatic N) is 3. The molecule has 0 atom stereocenters. The number of methoxy groups -OCH3 is 2. The minimum Gasteiger partial charge on any atom is -0.350 e. The van der Waals surface area contributed by atoms with E-state index in [2.05, 4.69) is 15.3 Å². The predicted molar refractivity (Wildman–Crippen MR) is 94.9 cm³/mol. The van der Waals surface area contributed by atoms with Crippen LogP contribution >= 0.6 is 0 Å². The number of carbonyl (C=O) groups excluding carboxylic acids is 1. The summed E-state index contributed by atoms with van der Waals surface area (Å²) in [6.45, 7) is 0.294. The topological polar surface area (TPSA) is 76.6 Å². The van der Waals surface area contributed by atoms with Crippen LogP contribution in [-0.4, -0.2) is 36.8 Å².